The van der Waals surface area contributed by atoms with Gasteiger partial charge < -0.3 is 5.32 Å². The summed E-state index contributed by atoms with van der Waals surface area (Å²) in [5.74, 6) is 0.981. The van der Waals surface area contributed by atoms with Crippen molar-refractivity contribution < 1.29 is 0 Å². The molecule has 0 aromatic carbocycles. The molecular weight excluding hydrogens is 242 g/mol. The van der Waals surface area contributed by atoms with Gasteiger partial charge in [0.2, 0.25) is 0 Å². The maximum atomic E-state index is 4.72. The monoisotopic (exact) mass is 265 g/mol. The van der Waals surface area contributed by atoms with Gasteiger partial charge in [0, 0.05) is 24.5 Å². The summed E-state index contributed by atoms with van der Waals surface area (Å²) in [5, 5.41) is 6.63. The van der Waals surface area contributed by atoms with E-state index in [2.05, 4.69) is 15.6 Å². The molecule has 18 heavy (non-hydrogen) atoms. The number of thiazole rings is 1. The van der Waals surface area contributed by atoms with E-state index >= 15 is 0 Å². The summed E-state index contributed by atoms with van der Waals surface area (Å²) in [6.07, 6.45) is 7.16. The molecule has 1 N–H and O–H groups in total. The number of piperidine rings is 1. The second-order valence-corrected chi connectivity index (χ2v) is 6.58. The number of rotatable bonds is 4. The summed E-state index contributed by atoms with van der Waals surface area (Å²) in [4.78, 5) is 7.42. The number of hydrogen-bond donors (Lipinski definition) is 1. The Morgan fingerprint density at radius 3 is 3.17 bits per heavy atom. The van der Waals surface area contributed by atoms with E-state index in [0.717, 1.165) is 25.0 Å². The Morgan fingerprint density at radius 1 is 1.39 bits per heavy atom. The van der Waals surface area contributed by atoms with E-state index in [1.165, 1.54) is 49.4 Å². The van der Waals surface area contributed by atoms with Gasteiger partial charge in [-0.15, -0.1) is 11.3 Å². The maximum absolute atomic E-state index is 4.72. The van der Waals surface area contributed by atoms with Crippen LogP contribution in [0.15, 0.2) is 5.38 Å². The molecule has 4 heteroatoms. The molecule has 0 spiro atoms. The predicted octanol–water partition coefficient (Wildman–Crippen LogP) is 2.63. The van der Waals surface area contributed by atoms with E-state index in [-0.39, 0.29) is 0 Å². The third-order valence-electron chi connectivity index (χ3n) is 4.40. The van der Waals surface area contributed by atoms with Crippen LogP contribution in [-0.2, 0) is 13.1 Å². The van der Waals surface area contributed by atoms with Gasteiger partial charge in [0.15, 0.2) is 0 Å². The molecule has 3 nitrogen and oxygen atoms in total. The Labute approximate surface area is 114 Å². The van der Waals surface area contributed by atoms with Gasteiger partial charge >= 0.3 is 0 Å². The second kappa shape index (κ2) is 5.68. The largest absolute Gasteiger partial charge is 0.314 e. The van der Waals surface area contributed by atoms with Gasteiger partial charge in [0.05, 0.1) is 5.69 Å². The highest BCUT2D eigenvalue weighted by molar-refractivity contribution is 7.09. The standard InChI is InChI=1S/C14H23N3S/c1-15-8-14-16-12(10-18-14)9-17-7-3-5-11-4-2-6-13(11)17/h10-11,13,15H,2-9H2,1H3. The molecule has 0 radical (unpaired) electrons. The quantitative estimate of drug-likeness (QED) is 0.907. The zero-order chi connectivity index (χ0) is 12.4. The summed E-state index contributed by atoms with van der Waals surface area (Å²) in [6, 6.07) is 0.855. The molecule has 2 atom stereocenters. The van der Waals surface area contributed by atoms with Crippen LogP contribution < -0.4 is 5.32 Å². The van der Waals surface area contributed by atoms with Gasteiger partial charge in [0.25, 0.3) is 0 Å². The molecule has 0 amide bonds. The summed E-state index contributed by atoms with van der Waals surface area (Å²) in [6.45, 7) is 3.25. The molecule has 3 rings (SSSR count). The average Bonchev–Trinajstić information content (AvgIpc) is 2.99. The molecule has 2 aliphatic rings. The van der Waals surface area contributed by atoms with Crippen LogP contribution in [0.2, 0.25) is 0 Å². The number of likely N-dealkylation sites (tertiary alicyclic amines) is 1. The Balaban J connectivity index is 1.63. The third-order valence-corrected chi connectivity index (χ3v) is 5.30. The molecule has 100 valence electrons. The van der Waals surface area contributed by atoms with Crippen LogP contribution in [0.5, 0.6) is 0 Å². The van der Waals surface area contributed by atoms with Crippen molar-refractivity contribution >= 4 is 11.3 Å². The number of nitrogens with one attached hydrogen (secondary N) is 1. The molecular formula is C14H23N3S. The number of hydrogen-bond acceptors (Lipinski definition) is 4. The Morgan fingerprint density at radius 2 is 2.28 bits per heavy atom. The highest BCUT2D eigenvalue weighted by atomic mass is 32.1. The first-order chi connectivity index (χ1) is 8.86. The van der Waals surface area contributed by atoms with Gasteiger partial charge in [0.1, 0.15) is 5.01 Å². The van der Waals surface area contributed by atoms with Gasteiger partial charge in [-0.2, -0.15) is 0 Å². The van der Waals surface area contributed by atoms with Crippen molar-refractivity contribution in [2.45, 2.75) is 51.2 Å². The lowest BCUT2D eigenvalue weighted by Gasteiger charge is -2.37. The van der Waals surface area contributed by atoms with Crippen molar-refractivity contribution in [3.05, 3.63) is 16.1 Å². The van der Waals surface area contributed by atoms with E-state index in [0.29, 0.717) is 0 Å². The zero-order valence-corrected chi connectivity index (χ0v) is 12.0. The number of nitrogens with zero attached hydrogens (tertiary/aromatic N) is 2. The Bertz CT molecular complexity index is 390. The van der Waals surface area contributed by atoms with Crippen LogP contribution in [0.4, 0.5) is 0 Å². The van der Waals surface area contributed by atoms with Crippen molar-refractivity contribution in [2.75, 3.05) is 13.6 Å². The normalized spacial score (nSPS) is 28.5. The number of aromatic nitrogens is 1. The highest BCUT2D eigenvalue weighted by Crippen LogP contribution is 2.37. The molecule has 1 aromatic heterocycles. The minimum absolute atomic E-state index is 0.855. The topological polar surface area (TPSA) is 28.2 Å². The number of fused-ring (bicyclic) bond motifs is 1. The molecule has 0 bridgehead atoms. The van der Waals surface area contributed by atoms with Crippen molar-refractivity contribution in [3.8, 4) is 0 Å². The van der Waals surface area contributed by atoms with Crippen LogP contribution in [0, 0.1) is 5.92 Å². The van der Waals surface area contributed by atoms with E-state index in [4.69, 9.17) is 4.98 Å². The van der Waals surface area contributed by atoms with Crippen molar-refractivity contribution in [1.82, 2.24) is 15.2 Å². The van der Waals surface area contributed by atoms with Crippen LogP contribution in [0.3, 0.4) is 0 Å². The van der Waals surface area contributed by atoms with E-state index in [1.54, 1.807) is 11.3 Å². The molecule has 2 unspecified atom stereocenters. The summed E-state index contributed by atoms with van der Waals surface area (Å²) in [5.41, 5.74) is 1.28. The zero-order valence-electron chi connectivity index (χ0n) is 11.2. The molecule has 2 heterocycles. The fraction of sp³-hybridized carbons (Fsp3) is 0.786. The lowest BCUT2D eigenvalue weighted by molar-refractivity contribution is 0.104. The van der Waals surface area contributed by atoms with Crippen LogP contribution >= 0.6 is 11.3 Å². The smallest absolute Gasteiger partial charge is 0.107 e. The van der Waals surface area contributed by atoms with Gasteiger partial charge in [-0.25, -0.2) is 4.98 Å². The van der Waals surface area contributed by atoms with E-state index in [9.17, 15) is 0 Å². The van der Waals surface area contributed by atoms with Crippen LogP contribution in [0.1, 0.15) is 42.8 Å². The maximum Gasteiger partial charge on any atom is 0.107 e. The fourth-order valence-electron chi connectivity index (χ4n) is 3.62. The third kappa shape index (κ3) is 2.60. The van der Waals surface area contributed by atoms with E-state index < -0.39 is 0 Å². The van der Waals surface area contributed by atoms with E-state index in [1.807, 2.05) is 7.05 Å². The van der Waals surface area contributed by atoms with Crippen LogP contribution in [-0.4, -0.2) is 29.5 Å². The first-order valence-corrected chi connectivity index (χ1v) is 8.06. The fourth-order valence-corrected chi connectivity index (χ4v) is 4.41. The minimum Gasteiger partial charge on any atom is -0.314 e. The lowest BCUT2D eigenvalue weighted by atomic mass is 9.92. The lowest BCUT2D eigenvalue weighted by Crippen LogP contribution is -2.41. The molecule has 1 aliphatic heterocycles. The molecule has 1 aromatic rings. The SMILES string of the molecule is CNCc1nc(CN2CCCC3CCCC32)cs1. The van der Waals surface area contributed by atoms with Gasteiger partial charge in [-0.05, 0) is 45.2 Å². The van der Waals surface area contributed by atoms with Crippen molar-refractivity contribution in [3.63, 3.8) is 0 Å². The summed E-state index contributed by atoms with van der Waals surface area (Å²) >= 11 is 1.79. The summed E-state index contributed by atoms with van der Waals surface area (Å²) < 4.78 is 0. The van der Waals surface area contributed by atoms with Crippen molar-refractivity contribution in [1.29, 1.82) is 0 Å². The highest BCUT2D eigenvalue weighted by Gasteiger charge is 2.34. The molecule has 2 fully saturated rings. The molecule has 1 saturated heterocycles. The average molecular weight is 265 g/mol. The first-order valence-electron chi connectivity index (χ1n) is 7.19. The Hall–Kier alpha value is -0.450. The predicted molar refractivity (Wildman–Crippen MR) is 75.7 cm³/mol. The first kappa shape index (κ1) is 12.6. The van der Waals surface area contributed by atoms with Crippen molar-refractivity contribution in [2.24, 2.45) is 5.92 Å². The minimum atomic E-state index is 0.855. The summed E-state index contributed by atoms with van der Waals surface area (Å²) in [7, 11) is 1.98. The molecule has 1 saturated carbocycles. The second-order valence-electron chi connectivity index (χ2n) is 5.63. The Kier molecular flexibility index (Phi) is 3.97. The van der Waals surface area contributed by atoms with Gasteiger partial charge in [-0.3, -0.25) is 4.90 Å². The van der Waals surface area contributed by atoms with Gasteiger partial charge in [-0.1, -0.05) is 6.42 Å². The van der Waals surface area contributed by atoms with Crippen LogP contribution in [0.25, 0.3) is 0 Å². The molecule has 1 aliphatic carbocycles.